The van der Waals surface area contributed by atoms with E-state index in [2.05, 4.69) is 42.3 Å². The van der Waals surface area contributed by atoms with Crippen LogP contribution in [0.5, 0.6) is 5.75 Å². The van der Waals surface area contributed by atoms with Gasteiger partial charge in [-0.1, -0.05) is 23.7 Å². The summed E-state index contributed by atoms with van der Waals surface area (Å²) >= 11 is 6.17. The molecule has 3 rings (SSSR count). The molecule has 1 saturated heterocycles. The SMILES string of the molecule is Cc1cccc(N2CCN(C(=O)NCOc3cc(C)c(Cl)c(C)c3)CC2)c1C. The minimum absolute atomic E-state index is 0.0944. The lowest BCUT2D eigenvalue weighted by Gasteiger charge is -2.37. The van der Waals surface area contributed by atoms with E-state index >= 15 is 0 Å². The van der Waals surface area contributed by atoms with Crippen molar-refractivity contribution < 1.29 is 9.53 Å². The van der Waals surface area contributed by atoms with Gasteiger partial charge in [0.2, 0.25) is 0 Å². The van der Waals surface area contributed by atoms with Crippen LogP contribution in [0.1, 0.15) is 22.3 Å². The van der Waals surface area contributed by atoms with E-state index in [9.17, 15) is 4.79 Å². The molecule has 0 aliphatic carbocycles. The normalized spacial score (nSPS) is 14.2. The van der Waals surface area contributed by atoms with Crippen molar-refractivity contribution in [2.75, 3.05) is 37.8 Å². The largest absolute Gasteiger partial charge is 0.473 e. The van der Waals surface area contributed by atoms with Crippen LogP contribution in [0.25, 0.3) is 0 Å². The number of ether oxygens (including phenoxy) is 1. The van der Waals surface area contributed by atoms with Crippen LogP contribution in [-0.4, -0.2) is 43.8 Å². The molecule has 0 aromatic heterocycles. The maximum absolute atomic E-state index is 12.4. The molecule has 0 radical (unpaired) electrons. The van der Waals surface area contributed by atoms with E-state index in [-0.39, 0.29) is 12.8 Å². The molecule has 1 aliphatic heterocycles. The first-order chi connectivity index (χ1) is 13.4. The summed E-state index contributed by atoms with van der Waals surface area (Å²) in [7, 11) is 0. The van der Waals surface area contributed by atoms with Crippen LogP contribution >= 0.6 is 11.6 Å². The molecular formula is C22H28ClN3O2. The van der Waals surface area contributed by atoms with Gasteiger partial charge in [-0.2, -0.15) is 0 Å². The molecule has 0 atom stereocenters. The minimum Gasteiger partial charge on any atom is -0.473 e. The molecule has 0 saturated carbocycles. The Bertz CT molecular complexity index is 838. The van der Waals surface area contributed by atoms with Gasteiger partial charge in [-0.15, -0.1) is 0 Å². The summed E-state index contributed by atoms with van der Waals surface area (Å²) in [6.45, 7) is 11.3. The number of amides is 2. The molecule has 1 heterocycles. The Labute approximate surface area is 172 Å². The highest BCUT2D eigenvalue weighted by atomic mass is 35.5. The van der Waals surface area contributed by atoms with Crippen molar-refractivity contribution in [1.29, 1.82) is 0 Å². The molecule has 150 valence electrons. The number of piperazine rings is 1. The van der Waals surface area contributed by atoms with Gasteiger partial charge in [-0.05, 0) is 68.1 Å². The fourth-order valence-corrected chi connectivity index (χ4v) is 3.62. The Morgan fingerprint density at radius 1 is 1.04 bits per heavy atom. The van der Waals surface area contributed by atoms with Crippen LogP contribution in [0.15, 0.2) is 30.3 Å². The quantitative estimate of drug-likeness (QED) is 0.770. The molecule has 1 aliphatic rings. The van der Waals surface area contributed by atoms with Crippen molar-refractivity contribution in [1.82, 2.24) is 10.2 Å². The van der Waals surface area contributed by atoms with Gasteiger partial charge in [0.15, 0.2) is 6.73 Å². The number of hydrogen-bond acceptors (Lipinski definition) is 3. The first-order valence-electron chi connectivity index (χ1n) is 9.60. The fourth-order valence-electron chi connectivity index (χ4n) is 3.51. The highest BCUT2D eigenvalue weighted by Gasteiger charge is 2.22. The number of hydrogen-bond donors (Lipinski definition) is 1. The number of nitrogens with one attached hydrogen (secondary N) is 1. The lowest BCUT2D eigenvalue weighted by Crippen LogP contribution is -2.52. The van der Waals surface area contributed by atoms with E-state index in [1.807, 2.05) is 30.9 Å². The van der Waals surface area contributed by atoms with Gasteiger partial charge in [0, 0.05) is 36.9 Å². The number of carbonyl (C=O) groups is 1. The zero-order valence-electron chi connectivity index (χ0n) is 17.0. The third-order valence-corrected chi connectivity index (χ3v) is 5.95. The summed E-state index contributed by atoms with van der Waals surface area (Å²) < 4.78 is 5.68. The molecule has 1 N–H and O–H groups in total. The van der Waals surface area contributed by atoms with Crippen molar-refractivity contribution in [2.45, 2.75) is 27.7 Å². The Hall–Kier alpha value is -2.40. The van der Waals surface area contributed by atoms with E-state index in [0.717, 1.165) is 29.2 Å². The molecule has 2 aromatic carbocycles. The molecule has 1 fully saturated rings. The van der Waals surface area contributed by atoms with Gasteiger partial charge < -0.3 is 19.9 Å². The monoisotopic (exact) mass is 401 g/mol. The van der Waals surface area contributed by atoms with Crippen LogP contribution in [0.4, 0.5) is 10.5 Å². The molecular weight excluding hydrogens is 374 g/mol. The van der Waals surface area contributed by atoms with E-state index in [1.54, 1.807) is 0 Å². The van der Waals surface area contributed by atoms with Gasteiger partial charge in [0.25, 0.3) is 0 Å². The first-order valence-corrected chi connectivity index (χ1v) is 9.98. The van der Waals surface area contributed by atoms with Crippen LogP contribution in [-0.2, 0) is 0 Å². The molecule has 2 amide bonds. The van der Waals surface area contributed by atoms with Crippen molar-refractivity contribution in [3.8, 4) is 5.75 Å². The lowest BCUT2D eigenvalue weighted by atomic mass is 10.1. The third kappa shape index (κ3) is 4.53. The lowest BCUT2D eigenvalue weighted by molar-refractivity contribution is 0.181. The van der Waals surface area contributed by atoms with Crippen molar-refractivity contribution in [3.63, 3.8) is 0 Å². The Morgan fingerprint density at radius 2 is 1.68 bits per heavy atom. The number of benzene rings is 2. The summed E-state index contributed by atoms with van der Waals surface area (Å²) in [5.74, 6) is 0.708. The Balaban J connectivity index is 1.48. The second-order valence-corrected chi connectivity index (χ2v) is 7.71. The van der Waals surface area contributed by atoms with E-state index in [0.29, 0.717) is 18.8 Å². The van der Waals surface area contributed by atoms with E-state index in [4.69, 9.17) is 16.3 Å². The molecule has 0 bridgehead atoms. The van der Waals surface area contributed by atoms with Crippen molar-refractivity contribution >= 4 is 23.3 Å². The Morgan fingerprint density at radius 3 is 2.32 bits per heavy atom. The number of urea groups is 1. The van der Waals surface area contributed by atoms with Crippen molar-refractivity contribution in [3.05, 3.63) is 57.6 Å². The standard InChI is InChI=1S/C22H28ClN3O2/c1-15-6-5-7-20(18(15)4)25-8-10-26(11-9-25)22(27)24-14-28-19-12-16(2)21(23)17(3)13-19/h5-7,12-13H,8-11,14H2,1-4H3,(H,24,27). The van der Waals surface area contributed by atoms with Gasteiger partial charge in [0.05, 0.1) is 0 Å². The predicted octanol–water partition coefficient (Wildman–Crippen LogP) is 4.44. The average Bonchev–Trinajstić information content (AvgIpc) is 2.68. The van der Waals surface area contributed by atoms with Crippen molar-refractivity contribution in [2.24, 2.45) is 0 Å². The molecule has 0 spiro atoms. The number of nitrogens with zero attached hydrogens (tertiary/aromatic N) is 2. The third-order valence-electron chi connectivity index (χ3n) is 5.36. The summed E-state index contributed by atoms with van der Waals surface area (Å²) in [4.78, 5) is 16.6. The van der Waals surface area contributed by atoms with Gasteiger partial charge in [-0.3, -0.25) is 0 Å². The highest BCUT2D eigenvalue weighted by Crippen LogP contribution is 2.26. The van der Waals surface area contributed by atoms with Gasteiger partial charge >= 0.3 is 6.03 Å². The molecule has 28 heavy (non-hydrogen) atoms. The zero-order chi connectivity index (χ0) is 20.3. The summed E-state index contributed by atoms with van der Waals surface area (Å²) in [5.41, 5.74) is 5.79. The average molecular weight is 402 g/mol. The van der Waals surface area contributed by atoms with Crippen LogP contribution in [0, 0.1) is 27.7 Å². The smallest absolute Gasteiger partial charge is 0.320 e. The van der Waals surface area contributed by atoms with Gasteiger partial charge in [-0.25, -0.2) is 4.79 Å². The molecule has 2 aromatic rings. The number of carbonyl (C=O) groups excluding carboxylic acids is 1. The predicted molar refractivity (Wildman–Crippen MR) is 115 cm³/mol. The number of halogens is 1. The minimum atomic E-state index is -0.0944. The Kier molecular flexibility index (Phi) is 6.35. The number of aryl methyl sites for hydroxylation is 3. The van der Waals surface area contributed by atoms with Crippen LogP contribution in [0.2, 0.25) is 5.02 Å². The zero-order valence-corrected chi connectivity index (χ0v) is 17.8. The molecule has 6 heteroatoms. The fraction of sp³-hybridized carbons (Fsp3) is 0.409. The molecule has 0 unspecified atom stereocenters. The molecule has 5 nitrogen and oxygen atoms in total. The van der Waals surface area contributed by atoms with E-state index in [1.165, 1.54) is 16.8 Å². The highest BCUT2D eigenvalue weighted by molar-refractivity contribution is 6.32. The number of rotatable bonds is 4. The van der Waals surface area contributed by atoms with Gasteiger partial charge in [0.1, 0.15) is 5.75 Å². The maximum Gasteiger partial charge on any atom is 0.320 e. The summed E-state index contributed by atoms with van der Waals surface area (Å²) in [6, 6.07) is 10.0. The first kappa shape index (κ1) is 20.3. The summed E-state index contributed by atoms with van der Waals surface area (Å²) in [5, 5.41) is 3.59. The second-order valence-electron chi connectivity index (χ2n) is 7.33. The van der Waals surface area contributed by atoms with E-state index < -0.39 is 0 Å². The second kappa shape index (κ2) is 8.74. The topological polar surface area (TPSA) is 44.8 Å². The maximum atomic E-state index is 12.4. The van der Waals surface area contributed by atoms with Crippen LogP contribution in [0.3, 0.4) is 0 Å². The van der Waals surface area contributed by atoms with Crippen LogP contribution < -0.4 is 15.0 Å². The number of anilines is 1. The summed E-state index contributed by atoms with van der Waals surface area (Å²) in [6.07, 6.45) is 0.